The summed E-state index contributed by atoms with van der Waals surface area (Å²) in [7, 11) is 0. The molecular weight excluding hydrogens is 202 g/mol. The monoisotopic (exact) mass is 218 g/mol. The Kier molecular flexibility index (Phi) is 2.26. The number of carbonyl (C=O) groups excluding carboxylic acids is 1. The maximum absolute atomic E-state index is 13.0. The van der Waals surface area contributed by atoms with Crippen LogP contribution in [-0.2, 0) is 4.79 Å². The molecule has 1 saturated heterocycles. The van der Waals surface area contributed by atoms with Crippen LogP contribution >= 0.6 is 0 Å². The van der Waals surface area contributed by atoms with Gasteiger partial charge in [0.2, 0.25) is 5.91 Å². The zero-order valence-electron chi connectivity index (χ0n) is 8.80. The third-order valence-corrected chi connectivity index (χ3v) is 3.63. The lowest BCUT2D eigenvalue weighted by Crippen LogP contribution is -2.42. The minimum absolute atomic E-state index is 0.0643. The van der Waals surface area contributed by atoms with E-state index in [0.29, 0.717) is 19.4 Å². The number of nitrogens with two attached hydrogens (primary N) is 1. The predicted octanol–water partition coefficient (Wildman–Crippen LogP) is 0.981. The number of carbonyl (C=O) groups is 1. The fourth-order valence-corrected chi connectivity index (χ4v) is 2.29. The molecular formula is C10H16F2N2O. The van der Waals surface area contributed by atoms with Crippen LogP contribution in [0.4, 0.5) is 8.78 Å². The Bertz CT molecular complexity index is 295. The van der Waals surface area contributed by atoms with Crippen molar-refractivity contribution < 1.29 is 13.6 Å². The number of hydrogen-bond acceptors (Lipinski definition) is 2. The van der Waals surface area contributed by atoms with Crippen LogP contribution in [0.15, 0.2) is 0 Å². The number of nitrogens with zero attached hydrogens (tertiary/aromatic N) is 1. The summed E-state index contributed by atoms with van der Waals surface area (Å²) in [5.41, 5.74) is 4.69. The molecule has 1 heterocycles. The zero-order chi connectivity index (χ0) is 11.3. The molecule has 0 aromatic rings. The van der Waals surface area contributed by atoms with E-state index >= 15 is 0 Å². The van der Waals surface area contributed by atoms with Gasteiger partial charge in [0.05, 0.1) is 11.5 Å². The molecule has 1 spiro atoms. The maximum atomic E-state index is 13.0. The normalized spacial score (nSPS) is 34.5. The standard InChI is InChI=1S/C10H16F2N2O/c1-2-7(13)8(15)14-4-3-9(6-14)5-10(9,11)12/h7H,2-6,13H2,1H3/t7?,9-/m1/s1. The molecule has 2 atom stereocenters. The minimum Gasteiger partial charge on any atom is -0.341 e. The van der Waals surface area contributed by atoms with Gasteiger partial charge in [0.15, 0.2) is 0 Å². The van der Waals surface area contributed by atoms with E-state index in [0.717, 1.165) is 0 Å². The molecule has 0 aromatic heterocycles. The summed E-state index contributed by atoms with van der Waals surface area (Å²) in [4.78, 5) is 13.2. The third-order valence-electron chi connectivity index (χ3n) is 3.63. The lowest BCUT2D eigenvalue weighted by atomic mass is 10.1. The molecule has 86 valence electrons. The molecule has 3 nitrogen and oxygen atoms in total. The van der Waals surface area contributed by atoms with Gasteiger partial charge in [-0.3, -0.25) is 4.79 Å². The van der Waals surface area contributed by atoms with E-state index in [4.69, 9.17) is 5.73 Å². The first-order chi connectivity index (χ1) is 6.92. The summed E-state index contributed by atoms with van der Waals surface area (Å²) in [5.74, 6) is -2.74. The first kappa shape index (κ1) is 10.8. The summed E-state index contributed by atoms with van der Waals surface area (Å²) < 4.78 is 26.1. The first-order valence-corrected chi connectivity index (χ1v) is 5.34. The molecule has 1 aliphatic carbocycles. The molecule has 2 fully saturated rings. The summed E-state index contributed by atoms with van der Waals surface area (Å²) in [6.45, 7) is 2.44. The lowest BCUT2D eigenvalue weighted by molar-refractivity contribution is -0.131. The van der Waals surface area contributed by atoms with Gasteiger partial charge in [-0.1, -0.05) is 6.92 Å². The van der Waals surface area contributed by atoms with Crippen molar-refractivity contribution in [2.24, 2.45) is 11.1 Å². The number of likely N-dealkylation sites (tertiary alicyclic amines) is 1. The van der Waals surface area contributed by atoms with E-state index < -0.39 is 17.4 Å². The molecule has 2 aliphatic rings. The van der Waals surface area contributed by atoms with Crippen LogP contribution in [0, 0.1) is 5.41 Å². The minimum atomic E-state index is -2.56. The van der Waals surface area contributed by atoms with Crippen LogP contribution in [0.25, 0.3) is 0 Å². The van der Waals surface area contributed by atoms with Gasteiger partial charge in [0.25, 0.3) is 5.92 Å². The summed E-state index contributed by atoms with van der Waals surface area (Å²) >= 11 is 0. The van der Waals surface area contributed by atoms with E-state index in [2.05, 4.69) is 0 Å². The van der Waals surface area contributed by atoms with E-state index in [-0.39, 0.29) is 18.9 Å². The largest absolute Gasteiger partial charge is 0.341 e. The highest BCUT2D eigenvalue weighted by Crippen LogP contribution is 2.65. The van der Waals surface area contributed by atoms with Crippen molar-refractivity contribution in [1.82, 2.24) is 4.90 Å². The zero-order valence-corrected chi connectivity index (χ0v) is 8.80. The van der Waals surface area contributed by atoms with E-state index in [1.165, 1.54) is 4.90 Å². The number of hydrogen-bond donors (Lipinski definition) is 1. The highest BCUT2D eigenvalue weighted by atomic mass is 19.3. The van der Waals surface area contributed by atoms with Gasteiger partial charge in [0, 0.05) is 19.5 Å². The summed E-state index contributed by atoms with van der Waals surface area (Å²) in [6, 6.07) is -0.535. The molecule has 5 heteroatoms. The highest BCUT2D eigenvalue weighted by Gasteiger charge is 2.73. The molecule has 1 unspecified atom stereocenters. The van der Waals surface area contributed by atoms with Gasteiger partial charge in [-0.2, -0.15) is 0 Å². The molecule has 1 saturated carbocycles. The van der Waals surface area contributed by atoms with Crippen molar-refractivity contribution >= 4 is 5.91 Å². The van der Waals surface area contributed by atoms with Crippen molar-refractivity contribution in [3.8, 4) is 0 Å². The second-order valence-corrected chi connectivity index (χ2v) is 4.69. The second-order valence-electron chi connectivity index (χ2n) is 4.69. The van der Waals surface area contributed by atoms with Crippen molar-refractivity contribution in [3.63, 3.8) is 0 Å². The van der Waals surface area contributed by atoms with Crippen molar-refractivity contribution in [2.45, 2.75) is 38.2 Å². The highest BCUT2D eigenvalue weighted by molar-refractivity contribution is 5.82. The molecule has 1 aliphatic heterocycles. The summed E-state index contributed by atoms with van der Waals surface area (Å²) in [6.07, 6.45) is 0.909. The second kappa shape index (κ2) is 3.14. The molecule has 2 N–H and O–H groups in total. The Hall–Kier alpha value is -0.710. The molecule has 0 aromatic carbocycles. The van der Waals surface area contributed by atoms with E-state index in [9.17, 15) is 13.6 Å². The van der Waals surface area contributed by atoms with Crippen LogP contribution in [0.1, 0.15) is 26.2 Å². The molecule has 1 amide bonds. The van der Waals surface area contributed by atoms with Crippen LogP contribution in [0.2, 0.25) is 0 Å². The number of halogens is 2. The predicted molar refractivity (Wildman–Crippen MR) is 51.5 cm³/mol. The number of amides is 1. The van der Waals surface area contributed by atoms with Crippen LogP contribution in [-0.4, -0.2) is 35.9 Å². The van der Waals surface area contributed by atoms with E-state index in [1.54, 1.807) is 0 Å². The fraction of sp³-hybridized carbons (Fsp3) is 0.900. The average Bonchev–Trinajstić information content (AvgIpc) is 2.58. The SMILES string of the molecule is CCC(N)C(=O)N1CC[C@]2(C1)CC2(F)F. The quantitative estimate of drug-likeness (QED) is 0.751. The van der Waals surface area contributed by atoms with Gasteiger partial charge >= 0.3 is 0 Å². The molecule has 0 radical (unpaired) electrons. The van der Waals surface area contributed by atoms with Crippen molar-refractivity contribution in [1.29, 1.82) is 0 Å². The number of alkyl halides is 2. The van der Waals surface area contributed by atoms with Gasteiger partial charge in [0.1, 0.15) is 0 Å². The molecule has 15 heavy (non-hydrogen) atoms. The van der Waals surface area contributed by atoms with Crippen LogP contribution in [0.5, 0.6) is 0 Å². The Labute approximate surface area is 87.6 Å². The molecule has 0 bridgehead atoms. The Balaban J connectivity index is 1.97. The Morgan fingerprint density at radius 3 is 2.60 bits per heavy atom. The van der Waals surface area contributed by atoms with Gasteiger partial charge < -0.3 is 10.6 Å². The Morgan fingerprint density at radius 1 is 1.60 bits per heavy atom. The third kappa shape index (κ3) is 1.53. The smallest absolute Gasteiger partial charge is 0.256 e. The maximum Gasteiger partial charge on any atom is 0.256 e. The van der Waals surface area contributed by atoms with Crippen LogP contribution in [0.3, 0.4) is 0 Å². The fourth-order valence-electron chi connectivity index (χ4n) is 2.29. The van der Waals surface area contributed by atoms with Gasteiger partial charge in [-0.25, -0.2) is 8.78 Å². The van der Waals surface area contributed by atoms with Crippen molar-refractivity contribution in [2.75, 3.05) is 13.1 Å². The van der Waals surface area contributed by atoms with E-state index in [1.807, 2.05) is 6.92 Å². The molecule has 2 rings (SSSR count). The topological polar surface area (TPSA) is 46.3 Å². The van der Waals surface area contributed by atoms with Crippen LogP contribution < -0.4 is 5.73 Å². The average molecular weight is 218 g/mol. The first-order valence-electron chi connectivity index (χ1n) is 5.34. The lowest BCUT2D eigenvalue weighted by Gasteiger charge is -2.19. The van der Waals surface area contributed by atoms with Gasteiger partial charge in [-0.15, -0.1) is 0 Å². The Morgan fingerprint density at radius 2 is 2.20 bits per heavy atom. The van der Waals surface area contributed by atoms with Crippen molar-refractivity contribution in [3.05, 3.63) is 0 Å². The van der Waals surface area contributed by atoms with Gasteiger partial charge in [-0.05, 0) is 12.8 Å². The summed E-state index contributed by atoms with van der Waals surface area (Å²) in [5, 5.41) is 0. The number of rotatable bonds is 2.